The summed E-state index contributed by atoms with van der Waals surface area (Å²) in [5.74, 6) is 1.81. The molecule has 106 valence electrons. The summed E-state index contributed by atoms with van der Waals surface area (Å²) in [5.41, 5.74) is 1.16. The number of methoxy groups -OCH3 is 2. The number of hydrogen-bond donors (Lipinski definition) is 1. The van der Waals surface area contributed by atoms with Crippen molar-refractivity contribution in [3.8, 4) is 11.5 Å². The minimum absolute atomic E-state index is 0.677. The monoisotopic (exact) mass is 265 g/mol. The zero-order chi connectivity index (χ0) is 13.5. The van der Waals surface area contributed by atoms with Crippen LogP contribution in [0.1, 0.15) is 24.8 Å². The normalized spacial score (nSPS) is 14.4. The summed E-state index contributed by atoms with van der Waals surface area (Å²) in [4.78, 5) is 0. The number of benzene rings is 1. The Bertz CT molecular complexity index is 391. The van der Waals surface area contributed by atoms with E-state index in [1.165, 1.54) is 12.8 Å². The van der Waals surface area contributed by atoms with Gasteiger partial charge in [-0.15, -0.1) is 0 Å². The zero-order valence-corrected chi connectivity index (χ0v) is 11.8. The van der Waals surface area contributed by atoms with Crippen molar-refractivity contribution in [1.29, 1.82) is 0 Å². The maximum Gasteiger partial charge on any atom is 0.124 e. The Hall–Kier alpha value is -1.26. The first-order chi connectivity index (χ1) is 9.33. The highest BCUT2D eigenvalue weighted by atomic mass is 16.5. The summed E-state index contributed by atoms with van der Waals surface area (Å²) in [6, 6.07) is 6.65. The van der Waals surface area contributed by atoms with Gasteiger partial charge in [-0.1, -0.05) is 0 Å². The average Bonchev–Trinajstić information content (AvgIpc) is 3.26. The first-order valence-electron chi connectivity index (χ1n) is 6.85. The molecule has 4 heteroatoms. The molecule has 0 unspecified atom stereocenters. The van der Waals surface area contributed by atoms with E-state index in [2.05, 4.69) is 5.32 Å². The Morgan fingerprint density at radius 2 is 2.05 bits per heavy atom. The van der Waals surface area contributed by atoms with E-state index in [4.69, 9.17) is 14.2 Å². The van der Waals surface area contributed by atoms with E-state index in [1.54, 1.807) is 14.2 Å². The highest BCUT2D eigenvalue weighted by Crippen LogP contribution is 2.26. The lowest BCUT2D eigenvalue weighted by Gasteiger charge is -2.13. The highest BCUT2D eigenvalue weighted by molar-refractivity contribution is 5.40. The van der Waals surface area contributed by atoms with Crippen LogP contribution in [0.5, 0.6) is 11.5 Å². The van der Waals surface area contributed by atoms with Gasteiger partial charge in [0.2, 0.25) is 0 Å². The van der Waals surface area contributed by atoms with Gasteiger partial charge in [0.15, 0.2) is 0 Å². The van der Waals surface area contributed by atoms with Gasteiger partial charge < -0.3 is 19.5 Å². The van der Waals surface area contributed by atoms with E-state index in [-0.39, 0.29) is 0 Å². The van der Waals surface area contributed by atoms with Crippen molar-refractivity contribution in [3.63, 3.8) is 0 Å². The molecule has 1 fully saturated rings. The summed E-state index contributed by atoms with van der Waals surface area (Å²) in [6.07, 6.45) is 3.47. The minimum atomic E-state index is 0.677. The van der Waals surface area contributed by atoms with Gasteiger partial charge in [-0.3, -0.25) is 0 Å². The van der Waals surface area contributed by atoms with Gasteiger partial charge in [0.05, 0.1) is 13.7 Å². The molecule has 0 aliphatic heterocycles. The predicted octanol–water partition coefficient (Wildman–Crippen LogP) is 2.36. The minimum Gasteiger partial charge on any atom is -0.497 e. The molecule has 19 heavy (non-hydrogen) atoms. The number of rotatable bonds is 9. The van der Waals surface area contributed by atoms with Gasteiger partial charge in [0.1, 0.15) is 11.5 Å². The highest BCUT2D eigenvalue weighted by Gasteiger charge is 2.20. The van der Waals surface area contributed by atoms with Gasteiger partial charge >= 0.3 is 0 Å². The van der Waals surface area contributed by atoms with Crippen molar-refractivity contribution in [2.45, 2.75) is 31.8 Å². The van der Waals surface area contributed by atoms with Crippen molar-refractivity contribution >= 4 is 0 Å². The Balaban J connectivity index is 1.93. The quantitative estimate of drug-likeness (QED) is 0.696. The van der Waals surface area contributed by atoms with Gasteiger partial charge in [0, 0.05) is 38.3 Å². The second-order valence-electron chi connectivity index (χ2n) is 4.82. The molecular formula is C15H23NO3. The zero-order valence-electron chi connectivity index (χ0n) is 11.8. The lowest BCUT2D eigenvalue weighted by atomic mass is 10.2. The second kappa shape index (κ2) is 7.36. The van der Waals surface area contributed by atoms with Gasteiger partial charge in [-0.05, 0) is 31.0 Å². The Kier molecular flexibility index (Phi) is 5.48. The van der Waals surface area contributed by atoms with Crippen LogP contribution in [0.2, 0.25) is 0 Å². The molecule has 0 spiro atoms. The van der Waals surface area contributed by atoms with Crippen molar-refractivity contribution < 1.29 is 14.2 Å². The van der Waals surface area contributed by atoms with Gasteiger partial charge in [-0.25, -0.2) is 0 Å². The molecular weight excluding hydrogens is 242 g/mol. The maximum absolute atomic E-state index is 5.82. The summed E-state index contributed by atoms with van der Waals surface area (Å²) in [6.45, 7) is 2.24. The molecule has 0 amide bonds. The second-order valence-corrected chi connectivity index (χ2v) is 4.82. The number of nitrogens with one attached hydrogen (secondary N) is 1. The summed E-state index contributed by atoms with van der Waals surface area (Å²) in [7, 11) is 3.39. The van der Waals surface area contributed by atoms with Crippen molar-refractivity contribution in [1.82, 2.24) is 5.32 Å². The van der Waals surface area contributed by atoms with E-state index in [0.717, 1.165) is 36.6 Å². The molecule has 1 aromatic carbocycles. The summed E-state index contributed by atoms with van der Waals surface area (Å²) in [5, 5.41) is 3.51. The molecule has 0 aromatic heterocycles. The molecule has 1 saturated carbocycles. The van der Waals surface area contributed by atoms with E-state index >= 15 is 0 Å². The van der Waals surface area contributed by atoms with E-state index in [9.17, 15) is 0 Å². The van der Waals surface area contributed by atoms with Crippen LogP contribution in [0.15, 0.2) is 18.2 Å². The predicted molar refractivity (Wildman–Crippen MR) is 74.8 cm³/mol. The lowest BCUT2D eigenvalue weighted by molar-refractivity contribution is 0.171. The van der Waals surface area contributed by atoms with Crippen molar-refractivity contribution in [2.75, 3.05) is 27.4 Å². The number of ether oxygens (including phenoxy) is 3. The first kappa shape index (κ1) is 14.2. The molecule has 2 rings (SSSR count). The molecule has 1 aliphatic rings. The molecule has 1 aliphatic carbocycles. The molecule has 1 N–H and O–H groups in total. The van der Waals surface area contributed by atoms with Crippen molar-refractivity contribution in [2.24, 2.45) is 0 Å². The SMILES string of the molecule is COCCCOc1ccc(OC)cc1CNC1CC1. The first-order valence-corrected chi connectivity index (χ1v) is 6.85. The Morgan fingerprint density at radius 1 is 1.21 bits per heavy atom. The van der Waals surface area contributed by atoms with Gasteiger partial charge in [0.25, 0.3) is 0 Å². The standard InChI is InChI=1S/C15H23NO3/c1-17-8-3-9-19-15-7-6-14(18-2)10-12(15)11-16-13-4-5-13/h6-7,10,13,16H,3-5,8-9,11H2,1-2H3. The molecule has 4 nitrogen and oxygen atoms in total. The van der Waals surface area contributed by atoms with Crippen molar-refractivity contribution in [3.05, 3.63) is 23.8 Å². The Morgan fingerprint density at radius 3 is 2.74 bits per heavy atom. The Labute approximate surface area is 115 Å². The van der Waals surface area contributed by atoms with Crippen LogP contribution in [0.25, 0.3) is 0 Å². The third-order valence-corrected chi connectivity index (χ3v) is 3.18. The smallest absolute Gasteiger partial charge is 0.124 e. The topological polar surface area (TPSA) is 39.7 Å². The fraction of sp³-hybridized carbons (Fsp3) is 0.600. The lowest BCUT2D eigenvalue weighted by Crippen LogP contribution is -2.16. The molecule has 1 aromatic rings. The summed E-state index contributed by atoms with van der Waals surface area (Å²) >= 11 is 0. The van der Waals surface area contributed by atoms with Crippen LogP contribution in [0.3, 0.4) is 0 Å². The molecule has 0 bridgehead atoms. The van der Waals surface area contributed by atoms with E-state index in [1.807, 2.05) is 18.2 Å². The third kappa shape index (κ3) is 4.73. The van der Waals surface area contributed by atoms with Crippen LogP contribution in [-0.2, 0) is 11.3 Å². The van der Waals surface area contributed by atoms with Crippen LogP contribution in [0.4, 0.5) is 0 Å². The molecule has 0 atom stereocenters. The summed E-state index contributed by atoms with van der Waals surface area (Å²) < 4.78 is 16.1. The van der Waals surface area contributed by atoms with Crippen LogP contribution < -0.4 is 14.8 Å². The fourth-order valence-electron chi connectivity index (χ4n) is 1.89. The maximum atomic E-state index is 5.82. The van der Waals surface area contributed by atoms with E-state index < -0.39 is 0 Å². The third-order valence-electron chi connectivity index (χ3n) is 3.18. The van der Waals surface area contributed by atoms with Gasteiger partial charge in [-0.2, -0.15) is 0 Å². The van der Waals surface area contributed by atoms with Crippen LogP contribution in [-0.4, -0.2) is 33.5 Å². The van der Waals surface area contributed by atoms with Crippen LogP contribution in [0, 0.1) is 0 Å². The fourth-order valence-corrected chi connectivity index (χ4v) is 1.89. The van der Waals surface area contributed by atoms with Crippen LogP contribution >= 0.6 is 0 Å². The molecule has 0 heterocycles. The average molecular weight is 265 g/mol. The largest absolute Gasteiger partial charge is 0.497 e. The van der Waals surface area contributed by atoms with E-state index in [0.29, 0.717) is 12.6 Å². The number of hydrogen-bond acceptors (Lipinski definition) is 4. The molecule has 0 radical (unpaired) electrons. The molecule has 0 saturated heterocycles.